The van der Waals surface area contributed by atoms with Crippen molar-refractivity contribution in [1.82, 2.24) is 15.5 Å². The lowest BCUT2D eigenvalue weighted by Gasteiger charge is -2.16. The average molecular weight is 495 g/mol. The van der Waals surface area contributed by atoms with Gasteiger partial charge in [-0.05, 0) is 30.9 Å². The first-order valence-corrected chi connectivity index (χ1v) is 9.01. The van der Waals surface area contributed by atoms with E-state index < -0.39 is 0 Å². The number of hydrogen-bond donors (Lipinski definition) is 2. The lowest BCUT2D eigenvalue weighted by molar-refractivity contribution is -0.127. The molecular formula is C18H28ClIN4O2. The third-order valence-corrected chi connectivity index (χ3v) is 4.41. The fourth-order valence-electron chi connectivity index (χ4n) is 2.49. The van der Waals surface area contributed by atoms with Gasteiger partial charge in [-0.1, -0.05) is 29.8 Å². The summed E-state index contributed by atoms with van der Waals surface area (Å²) >= 11 is 6.18. The van der Waals surface area contributed by atoms with E-state index in [1.165, 1.54) is 4.90 Å². The zero-order valence-corrected chi connectivity index (χ0v) is 18.4. The predicted molar refractivity (Wildman–Crippen MR) is 117 cm³/mol. The molecule has 146 valence electrons. The Kier molecular flexibility index (Phi) is 10.9. The minimum absolute atomic E-state index is 0. The molecule has 1 amide bonds. The van der Waals surface area contributed by atoms with Crippen molar-refractivity contribution in [2.45, 2.75) is 25.4 Å². The van der Waals surface area contributed by atoms with E-state index >= 15 is 0 Å². The first-order chi connectivity index (χ1) is 12.1. The molecule has 1 aliphatic heterocycles. The second-order valence-corrected chi connectivity index (χ2v) is 6.64. The number of likely N-dealkylation sites (N-methyl/N-ethyl adjacent to an activating group) is 1. The second-order valence-electron chi connectivity index (χ2n) is 6.24. The fraction of sp³-hybridized carbons (Fsp3) is 0.556. The number of benzene rings is 1. The van der Waals surface area contributed by atoms with E-state index in [1.54, 1.807) is 14.1 Å². The van der Waals surface area contributed by atoms with E-state index in [1.807, 2.05) is 24.3 Å². The van der Waals surface area contributed by atoms with Gasteiger partial charge in [-0.25, -0.2) is 4.99 Å². The molecule has 0 bridgehead atoms. The summed E-state index contributed by atoms with van der Waals surface area (Å²) in [5.41, 5.74) is 1.08. The van der Waals surface area contributed by atoms with Crippen LogP contribution in [0, 0.1) is 0 Å². The summed E-state index contributed by atoms with van der Waals surface area (Å²) in [5, 5.41) is 7.30. The Hall–Kier alpha value is -1.06. The number of nitrogens with one attached hydrogen (secondary N) is 2. The summed E-state index contributed by atoms with van der Waals surface area (Å²) in [6.45, 7) is 2.29. The number of carbonyl (C=O) groups is 1. The lowest BCUT2D eigenvalue weighted by Crippen LogP contribution is -2.42. The molecule has 6 nitrogen and oxygen atoms in total. The van der Waals surface area contributed by atoms with Crippen LogP contribution in [0.5, 0.6) is 0 Å². The number of guanidine groups is 1. The van der Waals surface area contributed by atoms with Crippen LogP contribution < -0.4 is 10.6 Å². The van der Waals surface area contributed by atoms with Gasteiger partial charge in [0.05, 0.1) is 6.10 Å². The van der Waals surface area contributed by atoms with Crippen LogP contribution in [0.3, 0.4) is 0 Å². The van der Waals surface area contributed by atoms with Gasteiger partial charge in [-0.15, -0.1) is 24.0 Å². The van der Waals surface area contributed by atoms with E-state index in [0.717, 1.165) is 36.5 Å². The number of rotatable bonds is 7. The van der Waals surface area contributed by atoms with Crippen LogP contribution in [0.1, 0.15) is 18.4 Å². The number of ether oxygens (including phenoxy) is 1. The van der Waals surface area contributed by atoms with E-state index in [0.29, 0.717) is 19.0 Å². The van der Waals surface area contributed by atoms with Crippen molar-refractivity contribution >= 4 is 47.4 Å². The molecule has 0 radical (unpaired) electrons. The number of carbonyl (C=O) groups excluding carboxylic acids is 1. The summed E-state index contributed by atoms with van der Waals surface area (Å²) in [4.78, 5) is 17.7. The van der Waals surface area contributed by atoms with Crippen LogP contribution in [0.15, 0.2) is 29.3 Å². The maximum atomic E-state index is 11.8. The molecule has 1 atom stereocenters. The Labute approximate surface area is 177 Å². The van der Waals surface area contributed by atoms with Crippen molar-refractivity contribution in [3.05, 3.63) is 34.9 Å². The quantitative estimate of drug-likeness (QED) is 0.347. The van der Waals surface area contributed by atoms with Crippen LogP contribution in [0.2, 0.25) is 5.02 Å². The van der Waals surface area contributed by atoms with E-state index in [4.69, 9.17) is 16.3 Å². The molecule has 1 saturated heterocycles. The highest BCUT2D eigenvalue weighted by atomic mass is 127. The summed E-state index contributed by atoms with van der Waals surface area (Å²) in [7, 11) is 3.45. The summed E-state index contributed by atoms with van der Waals surface area (Å²) in [6.07, 6.45) is 3.14. The zero-order chi connectivity index (χ0) is 18.1. The molecule has 0 aliphatic carbocycles. The first-order valence-electron chi connectivity index (χ1n) is 8.63. The molecule has 1 aromatic rings. The van der Waals surface area contributed by atoms with Gasteiger partial charge in [0.15, 0.2) is 5.96 Å². The molecule has 1 unspecified atom stereocenters. The molecular weight excluding hydrogens is 467 g/mol. The molecule has 0 aromatic heterocycles. The van der Waals surface area contributed by atoms with Crippen molar-refractivity contribution in [2.75, 3.05) is 40.3 Å². The predicted octanol–water partition coefficient (Wildman–Crippen LogP) is 2.30. The molecule has 0 saturated carbocycles. The van der Waals surface area contributed by atoms with Gasteiger partial charge in [0.25, 0.3) is 0 Å². The monoisotopic (exact) mass is 494 g/mol. The van der Waals surface area contributed by atoms with Crippen LogP contribution in [0.25, 0.3) is 0 Å². The topological polar surface area (TPSA) is 66.0 Å². The molecule has 0 spiro atoms. The fourth-order valence-corrected chi connectivity index (χ4v) is 2.73. The minimum Gasteiger partial charge on any atom is -0.376 e. The number of nitrogens with zero attached hydrogens (tertiary/aromatic N) is 2. The Morgan fingerprint density at radius 3 is 2.77 bits per heavy atom. The molecule has 1 fully saturated rings. The maximum absolute atomic E-state index is 11.8. The van der Waals surface area contributed by atoms with E-state index in [2.05, 4.69) is 15.6 Å². The largest absolute Gasteiger partial charge is 0.376 e. The van der Waals surface area contributed by atoms with Gasteiger partial charge in [0, 0.05) is 38.8 Å². The average Bonchev–Trinajstić information content (AvgIpc) is 3.11. The van der Waals surface area contributed by atoms with Crippen molar-refractivity contribution in [3.63, 3.8) is 0 Å². The first kappa shape index (κ1) is 23.0. The number of hydrogen-bond acceptors (Lipinski definition) is 3. The third kappa shape index (κ3) is 8.09. The summed E-state index contributed by atoms with van der Waals surface area (Å²) < 4.78 is 5.62. The molecule has 1 aromatic carbocycles. The van der Waals surface area contributed by atoms with Crippen LogP contribution in [0.4, 0.5) is 0 Å². The third-order valence-electron chi connectivity index (χ3n) is 4.04. The standard InChI is InChI=1S/C18H27ClN4O2.HI/c1-23(2)17(24)13-22-18(21-12-15-7-5-11-25-15)20-10-9-14-6-3-4-8-16(14)19;/h3-4,6,8,15H,5,7,9-13H2,1-2H3,(H2,20,21,22);1H. The van der Waals surface area contributed by atoms with Crippen LogP contribution in [-0.2, 0) is 16.0 Å². The van der Waals surface area contributed by atoms with Crippen molar-refractivity contribution < 1.29 is 9.53 Å². The Bertz CT molecular complexity index is 592. The van der Waals surface area contributed by atoms with Gasteiger partial charge in [-0.2, -0.15) is 0 Å². The van der Waals surface area contributed by atoms with Gasteiger partial charge in [0.1, 0.15) is 6.54 Å². The van der Waals surface area contributed by atoms with E-state index in [9.17, 15) is 4.79 Å². The lowest BCUT2D eigenvalue weighted by atomic mass is 10.1. The van der Waals surface area contributed by atoms with Crippen LogP contribution in [-0.4, -0.2) is 63.2 Å². The molecule has 26 heavy (non-hydrogen) atoms. The van der Waals surface area contributed by atoms with Gasteiger partial charge < -0.3 is 20.3 Å². The normalized spacial score (nSPS) is 16.7. The maximum Gasteiger partial charge on any atom is 0.243 e. The molecule has 8 heteroatoms. The molecule has 2 rings (SSSR count). The van der Waals surface area contributed by atoms with Gasteiger partial charge in [-0.3, -0.25) is 4.79 Å². The number of halogens is 2. The smallest absolute Gasteiger partial charge is 0.243 e. The van der Waals surface area contributed by atoms with Gasteiger partial charge >= 0.3 is 0 Å². The highest BCUT2D eigenvalue weighted by Gasteiger charge is 2.15. The number of amides is 1. The highest BCUT2D eigenvalue weighted by Crippen LogP contribution is 2.14. The summed E-state index contributed by atoms with van der Waals surface area (Å²) in [5.74, 6) is 0.585. The molecule has 1 heterocycles. The second kappa shape index (κ2) is 12.3. The van der Waals surface area contributed by atoms with Crippen molar-refractivity contribution in [3.8, 4) is 0 Å². The van der Waals surface area contributed by atoms with E-state index in [-0.39, 0.29) is 42.5 Å². The van der Waals surface area contributed by atoms with Crippen molar-refractivity contribution in [2.24, 2.45) is 4.99 Å². The van der Waals surface area contributed by atoms with Gasteiger partial charge in [0.2, 0.25) is 5.91 Å². The Balaban J connectivity index is 0.00000338. The Morgan fingerprint density at radius 2 is 2.12 bits per heavy atom. The summed E-state index contributed by atoms with van der Waals surface area (Å²) in [6, 6.07) is 7.79. The molecule has 1 aliphatic rings. The zero-order valence-electron chi connectivity index (χ0n) is 15.3. The number of aliphatic imine (C=N–C) groups is 1. The Morgan fingerprint density at radius 1 is 1.35 bits per heavy atom. The minimum atomic E-state index is -0.0377. The van der Waals surface area contributed by atoms with Crippen LogP contribution >= 0.6 is 35.6 Å². The molecule has 2 N–H and O–H groups in total. The highest BCUT2D eigenvalue weighted by molar-refractivity contribution is 14.0. The SMILES string of the molecule is CN(C)C(=O)CN=C(NCCc1ccccc1Cl)NCC1CCCO1.I. The van der Waals surface area contributed by atoms with Crippen molar-refractivity contribution in [1.29, 1.82) is 0 Å².